The molecule has 25 heavy (non-hydrogen) atoms. The topological polar surface area (TPSA) is 86.2 Å². The van der Waals surface area contributed by atoms with E-state index in [0.717, 1.165) is 16.6 Å². The van der Waals surface area contributed by atoms with Crippen LogP contribution in [0.25, 0.3) is 22.4 Å². The monoisotopic (exact) mass is 428 g/mol. The lowest BCUT2D eigenvalue weighted by molar-refractivity contribution is 0.332. The number of rotatable bonds is 4. The Morgan fingerprint density at radius 1 is 1.12 bits per heavy atom. The van der Waals surface area contributed by atoms with Crippen molar-refractivity contribution in [3.63, 3.8) is 0 Å². The van der Waals surface area contributed by atoms with Gasteiger partial charge in [0.15, 0.2) is 12.4 Å². The molecule has 1 aromatic heterocycles. The fraction of sp³-hybridized carbons (Fsp3) is 0.0625. The molecule has 0 radical (unpaired) electrons. The van der Waals surface area contributed by atoms with Crippen LogP contribution in [0.1, 0.15) is 5.76 Å². The highest BCUT2D eigenvalue weighted by Gasteiger charge is 2.22. The van der Waals surface area contributed by atoms with E-state index in [9.17, 15) is 17.2 Å². The molecule has 0 fully saturated rings. The van der Waals surface area contributed by atoms with Crippen LogP contribution in [0.3, 0.4) is 0 Å². The lowest BCUT2D eigenvalue weighted by Crippen LogP contribution is -2.13. The zero-order valence-corrected chi connectivity index (χ0v) is 14.9. The van der Waals surface area contributed by atoms with Crippen molar-refractivity contribution >= 4 is 26.0 Å². The number of hydrogen-bond donors (Lipinski definition) is 1. The van der Waals surface area contributed by atoms with Gasteiger partial charge in [-0.3, -0.25) is 0 Å². The summed E-state index contributed by atoms with van der Waals surface area (Å²) in [6.07, 6.45) is 0. The molecule has 3 aromatic rings. The average molecular weight is 429 g/mol. The van der Waals surface area contributed by atoms with Crippen LogP contribution in [0.15, 0.2) is 56.4 Å². The third-order valence-electron chi connectivity index (χ3n) is 3.53. The van der Waals surface area contributed by atoms with Crippen LogP contribution in [-0.2, 0) is 16.7 Å². The number of nitrogens with two attached hydrogens (primary N) is 1. The number of aromatic nitrogens is 1. The van der Waals surface area contributed by atoms with Crippen molar-refractivity contribution in [3.05, 3.63) is 58.5 Å². The molecule has 9 heteroatoms. The van der Waals surface area contributed by atoms with Gasteiger partial charge >= 0.3 is 0 Å². The maximum atomic E-state index is 14.2. The lowest BCUT2D eigenvalue weighted by atomic mass is 9.99. The first-order chi connectivity index (χ1) is 11.8. The molecule has 0 saturated carbocycles. The fourth-order valence-electron chi connectivity index (χ4n) is 2.40. The molecule has 1 heterocycles. The van der Waals surface area contributed by atoms with Gasteiger partial charge in [0.2, 0.25) is 10.0 Å². The zero-order valence-electron chi connectivity index (χ0n) is 12.5. The van der Waals surface area contributed by atoms with Gasteiger partial charge in [-0.2, -0.15) is 0 Å². The molecule has 3 rings (SSSR count). The fourth-order valence-corrected chi connectivity index (χ4v) is 3.26. The third kappa shape index (κ3) is 3.48. The summed E-state index contributed by atoms with van der Waals surface area (Å²) < 4.78 is 56.0. The first-order valence-electron chi connectivity index (χ1n) is 6.94. The second-order valence-electron chi connectivity index (χ2n) is 5.16. The molecule has 0 saturated heterocycles. The van der Waals surface area contributed by atoms with Crippen LogP contribution >= 0.6 is 15.9 Å². The van der Waals surface area contributed by atoms with E-state index < -0.39 is 27.4 Å². The van der Waals surface area contributed by atoms with Gasteiger partial charge in [-0.05, 0) is 29.8 Å². The maximum Gasteiger partial charge on any atom is 0.240 e. The van der Waals surface area contributed by atoms with E-state index in [0.29, 0.717) is 11.3 Å². The molecule has 0 spiro atoms. The normalized spacial score (nSPS) is 11.7. The van der Waals surface area contributed by atoms with Gasteiger partial charge in [-0.25, -0.2) is 22.3 Å². The van der Waals surface area contributed by atoms with Crippen LogP contribution in [0.5, 0.6) is 0 Å². The van der Waals surface area contributed by atoms with Crippen molar-refractivity contribution in [2.45, 2.75) is 11.6 Å². The summed E-state index contributed by atoms with van der Waals surface area (Å²) in [5.74, 6) is -1.12. The summed E-state index contributed by atoms with van der Waals surface area (Å²) in [6.45, 7) is -0.947. The SMILES string of the molecule is NS(=O)(=O)c1ccc(-c2c(-c3ccc(Br)cc3)noc2CF)cc1F. The minimum absolute atomic E-state index is 0.0827. The molecule has 2 N–H and O–H groups in total. The van der Waals surface area contributed by atoms with Crippen LogP contribution in [0.4, 0.5) is 8.78 Å². The molecule has 0 aliphatic heterocycles. The van der Waals surface area contributed by atoms with Gasteiger partial charge in [0.25, 0.3) is 0 Å². The number of benzene rings is 2. The van der Waals surface area contributed by atoms with Crippen molar-refractivity contribution in [1.82, 2.24) is 5.16 Å². The highest BCUT2D eigenvalue weighted by atomic mass is 79.9. The summed E-state index contributed by atoms with van der Waals surface area (Å²) in [5, 5.41) is 8.82. The number of alkyl halides is 1. The molecule has 0 aliphatic rings. The Bertz CT molecular complexity index is 1030. The smallest absolute Gasteiger partial charge is 0.240 e. The third-order valence-corrected chi connectivity index (χ3v) is 5.00. The first kappa shape index (κ1) is 17.7. The minimum atomic E-state index is -4.20. The van der Waals surface area contributed by atoms with Crippen molar-refractivity contribution in [1.29, 1.82) is 0 Å². The molecule has 0 amide bonds. The highest BCUT2D eigenvalue weighted by Crippen LogP contribution is 2.36. The first-order valence-corrected chi connectivity index (χ1v) is 9.28. The van der Waals surface area contributed by atoms with Crippen molar-refractivity contribution in [3.8, 4) is 22.4 Å². The Hall–Kier alpha value is -2.10. The molecular formula is C16H11BrF2N2O3S. The molecule has 5 nitrogen and oxygen atoms in total. The minimum Gasteiger partial charge on any atom is -0.357 e. The maximum absolute atomic E-state index is 14.2. The zero-order chi connectivity index (χ0) is 18.2. The van der Waals surface area contributed by atoms with Crippen LogP contribution in [0.2, 0.25) is 0 Å². The van der Waals surface area contributed by atoms with Gasteiger partial charge in [0.1, 0.15) is 16.4 Å². The molecule has 0 aliphatic carbocycles. The summed E-state index contributed by atoms with van der Waals surface area (Å²) in [5.41, 5.74) is 1.45. The van der Waals surface area contributed by atoms with Gasteiger partial charge in [0.05, 0.1) is 5.56 Å². The van der Waals surface area contributed by atoms with Gasteiger partial charge < -0.3 is 4.52 Å². The van der Waals surface area contributed by atoms with Gasteiger partial charge in [-0.15, -0.1) is 0 Å². The summed E-state index contributed by atoms with van der Waals surface area (Å²) in [6, 6.07) is 10.3. The number of halogens is 3. The van der Waals surface area contributed by atoms with Crippen LogP contribution in [-0.4, -0.2) is 13.6 Å². The Kier molecular flexibility index (Phi) is 4.72. The standard InChI is InChI=1S/C16H11BrF2N2O3S/c17-11-4-1-9(2-5-11)16-15(13(8-18)24-21-16)10-3-6-14(12(19)7-10)25(20,22)23/h1-7H,8H2,(H2,20,22,23). The Morgan fingerprint density at radius 2 is 1.76 bits per heavy atom. The average Bonchev–Trinajstić information content (AvgIpc) is 2.98. The quantitative estimate of drug-likeness (QED) is 0.679. The van der Waals surface area contributed by atoms with Crippen LogP contribution < -0.4 is 5.14 Å². The van der Waals surface area contributed by atoms with Crippen LogP contribution in [0, 0.1) is 5.82 Å². The van der Waals surface area contributed by atoms with E-state index in [1.54, 1.807) is 24.3 Å². The largest absolute Gasteiger partial charge is 0.357 e. The molecule has 130 valence electrons. The predicted molar refractivity (Wildman–Crippen MR) is 91.2 cm³/mol. The Labute approximate surface area is 150 Å². The highest BCUT2D eigenvalue weighted by molar-refractivity contribution is 9.10. The van der Waals surface area contributed by atoms with E-state index in [1.807, 2.05) is 0 Å². The lowest BCUT2D eigenvalue weighted by Gasteiger charge is -2.06. The van der Waals surface area contributed by atoms with Gasteiger partial charge in [0, 0.05) is 10.0 Å². The number of hydrogen-bond acceptors (Lipinski definition) is 4. The Balaban J connectivity index is 2.18. The molecule has 2 aromatic carbocycles. The van der Waals surface area contributed by atoms with Gasteiger partial charge in [-0.1, -0.05) is 39.3 Å². The van der Waals surface area contributed by atoms with Crippen molar-refractivity contribution in [2.24, 2.45) is 5.14 Å². The molecule has 0 bridgehead atoms. The second kappa shape index (κ2) is 6.66. The molecular weight excluding hydrogens is 418 g/mol. The van der Waals surface area contributed by atoms with Crippen molar-refractivity contribution in [2.75, 3.05) is 0 Å². The number of nitrogens with zero attached hydrogens (tertiary/aromatic N) is 1. The van der Waals surface area contributed by atoms with E-state index in [4.69, 9.17) is 9.66 Å². The summed E-state index contributed by atoms with van der Waals surface area (Å²) >= 11 is 3.31. The Morgan fingerprint density at radius 3 is 2.32 bits per heavy atom. The molecule has 0 unspecified atom stereocenters. The molecule has 0 atom stereocenters. The van der Waals surface area contributed by atoms with Crippen molar-refractivity contribution < 1.29 is 21.7 Å². The number of primary sulfonamides is 1. The summed E-state index contributed by atoms with van der Waals surface area (Å²) in [7, 11) is -4.20. The number of sulfonamides is 1. The van der Waals surface area contributed by atoms with E-state index in [1.165, 1.54) is 6.07 Å². The van der Waals surface area contributed by atoms with E-state index in [2.05, 4.69) is 21.1 Å². The summed E-state index contributed by atoms with van der Waals surface area (Å²) in [4.78, 5) is -0.639. The van der Waals surface area contributed by atoms with E-state index in [-0.39, 0.29) is 16.9 Å². The second-order valence-corrected chi connectivity index (χ2v) is 7.61. The van der Waals surface area contributed by atoms with E-state index >= 15 is 0 Å². The predicted octanol–water partition coefficient (Wildman–Crippen LogP) is 4.03.